The van der Waals surface area contributed by atoms with Gasteiger partial charge in [-0.05, 0) is 31.0 Å². The first-order valence-electron chi connectivity index (χ1n) is 5.72. The minimum Gasteiger partial charge on any atom is -0.508 e. The van der Waals surface area contributed by atoms with Gasteiger partial charge >= 0.3 is 0 Å². The average molecular weight is 239 g/mol. The van der Waals surface area contributed by atoms with Crippen LogP contribution in [0.1, 0.15) is 12.5 Å². The molecule has 4 heteroatoms. The molecular weight excluding hydrogens is 218 g/mol. The number of ether oxygens (including phenoxy) is 2. The van der Waals surface area contributed by atoms with Crippen LogP contribution in [0.5, 0.6) is 5.75 Å². The van der Waals surface area contributed by atoms with Crippen LogP contribution in [0.4, 0.5) is 0 Å². The van der Waals surface area contributed by atoms with Gasteiger partial charge in [-0.25, -0.2) is 0 Å². The Bertz CT molecular complexity index is 309. The lowest BCUT2D eigenvalue weighted by atomic mass is 10.1. The van der Waals surface area contributed by atoms with Crippen LogP contribution in [0.15, 0.2) is 24.3 Å². The van der Waals surface area contributed by atoms with Crippen molar-refractivity contribution in [3.05, 3.63) is 29.8 Å². The zero-order valence-electron chi connectivity index (χ0n) is 10.6. The summed E-state index contributed by atoms with van der Waals surface area (Å²) < 4.78 is 10.2. The highest BCUT2D eigenvalue weighted by molar-refractivity contribution is 5.26. The zero-order chi connectivity index (χ0) is 12.7. The van der Waals surface area contributed by atoms with Gasteiger partial charge in [0, 0.05) is 26.8 Å². The average Bonchev–Trinajstić information content (AvgIpc) is 2.33. The van der Waals surface area contributed by atoms with E-state index >= 15 is 0 Å². The highest BCUT2D eigenvalue weighted by Gasteiger charge is 2.08. The second kappa shape index (κ2) is 7.27. The van der Waals surface area contributed by atoms with Crippen LogP contribution in [0.25, 0.3) is 0 Å². The van der Waals surface area contributed by atoms with Crippen LogP contribution >= 0.6 is 0 Å². The molecule has 4 nitrogen and oxygen atoms in total. The lowest BCUT2D eigenvalue weighted by molar-refractivity contribution is -0.0996. The first kappa shape index (κ1) is 14.0. The summed E-state index contributed by atoms with van der Waals surface area (Å²) in [7, 11) is 3.25. The number of phenolic OH excluding ortho intramolecular Hbond substituents is 1. The van der Waals surface area contributed by atoms with Crippen molar-refractivity contribution in [2.24, 2.45) is 0 Å². The Morgan fingerprint density at radius 2 is 1.76 bits per heavy atom. The van der Waals surface area contributed by atoms with Crippen molar-refractivity contribution in [2.45, 2.75) is 25.7 Å². The molecule has 1 unspecified atom stereocenters. The Labute approximate surface area is 103 Å². The molecule has 1 aromatic rings. The van der Waals surface area contributed by atoms with Crippen molar-refractivity contribution in [2.75, 3.05) is 20.8 Å². The van der Waals surface area contributed by atoms with E-state index in [-0.39, 0.29) is 6.29 Å². The molecule has 0 fully saturated rings. The smallest absolute Gasteiger partial charge is 0.169 e. The SMILES string of the molecule is COC(CNC(C)Cc1ccc(O)cc1)OC. The van der Waals surface area contributed by atoms with Gasteiger partial charge in [-0.15, -0.1) is 0 Å². The number of methoxy groups -OCH3 is 2. The maximum atomic E-state index is 9.18. The standard InChI is InChI=1S/C13H21NO3/c1-10(14-9-13(16-2)17-3)8-11-4-6-12(15)7-5-11/h4-7,10,13-15H,8-9H2,1-3H3. The molecule has 1 rings (SSSR count). The van der Waals surface area contributed by atoms with Gasteiger partial charge in [0.25, 0.3) is 0 Å². The summed E-state index contributed by atoms with van der Waals surface area (Å²) in [5, 5.41) is 12.5. The fraction of sp³-hybridized carbons (Fsp3) is 0.538. The van der Waals surface area contributed by atoms with Crippen LogP contribution < -0.4 is 5.32 Å². The molecule has 0 aliphatic heterocycles. The molecule has 0 spiro atoms. The number of hydrogen-bond donors (Lipinski definition) is 2. The summed E-state index contributed by atoms with van der Waals surface area (Å²) in [5.41, 5.74) is 1.19. The molecule has 1 aromatic carbocycles. The first-order chi connectivity index (χ1) is 8.15. The molecule has 0 radical (unpaired) electrons. The van der Waals surface area contributed by atoms with Crippen molar-refractivity contribution in [3.63, 3.8) is 0 Å². The number of benzene rings is 1. The van der Waals surface area contributed by atoms with Crippen LogP contribution in [0, 0.1) is 0 Å². The normalized spacial score (nSPS) is 12.9. The number of hydrogen-bond acceptors (Lipinski definition) is 4. The second-order valence-electron chi connectivity index (χ2n) is 4.08. The summed E-state index contributed by atoms with van der Waals surface area (Å²) >= 11 is 0. The van der Waals surface area contributed by atoms with Gasteiger partial charge in [0.15, 0.2) is 6.29 Å². The third-order valence-corrected chi connectivity index (χ3v) is 2.64. The Morgan fingerprint density at radius 3 is 2.29 bits per heavy atom. The molecule has 0 bridgehead atoms. The number of nitrogens with one attached hydrogen (secondary N) is 1. The maximum Gasteiger partial charge on any atom is 0.169 e. The zero-order valence-corrected chi connectivity index (χ0v) is 10.6. The fourth-order valence-corrected chi connectivity index (χ4v) is 1.62. The predicted octanol–water partition coefficient (Wildman–Crippen LogP) is 1.53. The summed E-state index contributed by atoms with van der Waals surface area (Å²) in [5.74, 6) is 0.299. The Hall–Kier alpha value is -1.10. The lowest BCUT2D eigenvalue weighted by Gasteiger charge is -2.18. The van der Waals surface area contributed by atoms with E-state index in [9.17, 15) is 5.11 Å². The van der Waals surface area contributed by atoms with Crippen molar-refractivity contribution >= 4 is 0 Å². The maximum absolute atomic E-state index is 9.18. The molecule has 0 aliphatic rings. The van der Waals surface area contributed by atoms with Crippen LogP contribution in [0.2, 0.25) is 0 Å². The minimum atomic E-state index is -0.211. The van der Waals surface area contributed by atoms with E-state index in [4.69, 9.17) is 9.47 Å². The molecule has 17 heavy (non-hydrogen) atoms. The van der Waals surface area contributed by atoms with Gasteiger partial charge in [-0.3, -0.25) is 0 Å². The van der Waals surface area contributed by atoms with Crippen molar-refractivity contribution in [1.29, 1.82) is 0 Å². The van der Waals surface area contributed by atoms with Gasteiger partial charge in [0.1, 0.15) is 5.75 Å². The summed E-state index contributed by atoms with van der Waals surface area (Å²) in [4.78, 5) is 0. The van der Waals surface area contributed by atoms with E-state index < -0.39 is 0 Å². The number of aromatic hydroxyl groups is 1. The number of rotatable bonds is 7. The fourth-order valence-electron chi connectivity index (χ4n) is 1.62. The molecular formula is C13H21NO3. The molecule has 0 saturated heterocycles. The van der Waals surface area contributed by atoms with Crippen molar-refractivity contribution < 1.29 is 14.6 Å². The van der Waals surface area contributed by atoms with Crippen LogP contribution in [0.3, 0.4) is 0 Å². The topological polar surface area (TPSA) is 50.7 Å². The molecule has 2 N–H and O–H groups in total. The predicted molar refractivity (Wildman–Crippen MR) is 67.1 cm³/mol. The van der Waals surface area contributed by atoms with Gasteiger partial charge < -0.3 is 19.9 Å². The molecule has 0 saturated carbocycles. The van der Waals surface area contributed by atoms with Gasteiger partial charge in [-0.2, -0.15) is 0 Å². The summed E-state index contributed by atoms with van der Waals surface area (Å²) in [6.45, 7) is 2.77. The van der Waals surface area contributed by atoms with Crippen molar-refractivity contribution in [1.82, 2.24) is 5.32 Å². The summed E-state index contributed by atoms with van der Waals surface area (Å²) in [6.07, 6.45) is 0.692. The lowest BCUT2D eigenvalue weighted by Crippen LogP contribution is -2.36. The minimum absolute atomic E-state index is 0.211. The second-order valence-corrected chi connectivity index (χ2v) is 4.08. The largest absolute Gasteiger partial charge is 0.508 e. The molecule has 1 atom stereocenters. The van der Waals surface area contributed by atoms with E-state index in [1.807, 2.05) is 12.1 Å². The molecule has 0 heterocycles. The van der Waals surface area contributed by atoms with Gasteiger partial charge in [0.05, 0.1) is 0 Å². The molecule has 0 aliphatic carbocycles. The quantitative estimate of drug-likeness (QED) is 0.709. The van der Waals surface area contributed by atoms with Gasteiger partial charge in [0.2, 0.25) is 0 Å². The van der Waals surface area contributed by atoms with Crippen LogP contribution in [-0.2, 0) is 15.9 Å². The molecule has 0 aromatic heterocycles. The Balaban J connectivity index is 2.34. The Morgan fingerprint density at radius 1 is 1.18 bits per heavy atom. The van der Waals surface area contributed by atoms with E-state index in [1.165, 1.54) is 5.56 Å². The molecule has 96 valence electrons. The van der Waals surface area contributed by atoms with E-state index in [0.29, 0.717) is 18.3 Å². The summed E-state index contributed by atoms with van der Waals surface area (Å²) in [6, 6.07) is 7.59. The highest BCUT2D eigenvalue weighted by atomic mass is 16.7. The monoisotopic (exact) mass is 239 g/mol. The van der Waals surface area contributed by atoms with E-state index in [2.05, 4.69) is 12.2 Å². The first-order valence-corrected chi connectivity index (χ1v) is 5.72. The molecule has 0 amide bonds. The van der Waals surface area contributed by atoms with E-state index in [1.54, 1.807) is 26.4 Å². The van der Waals surface area contributed by atoms with Crippen molar-refractivity contribution in [3.8, 4) is 5.75 Å². The van der Waals surface area contributed by atoms with Crippen LogP contribution in [-0.4, -0.2) is 38.2 Å². The third-order valence-electron chi connectivity index (χ3n) is 2.64. The van der Waals surface area contributed by atoms with E-state index in [0.717, 1.165) is 6.42 Å². The Kier molecular flexibility index (Phi) is 5.97. The van der Waals surface area contributed by atoms with Gasteiger partial charge in [-0.1, -0.05) is 12.1 Å². The highest BCUT2D eigenvalue weighted by Crippen LogP contribution is 2.11. The third kappa shape index (κ3) is 5.17. The number of phenols is 1.